The zero-order valence-electron chi connectivity index (χ0n) is 13.6. The largest absolute Gasteiger partial charge is 0.466 e. The molecule has 0 unspecified atom stereocenters. The van der Waals surface area contributed by atoms with Gasteiger partial charge < -0.3 is 9.64 Å². The van der Waals surface area contributed by atoms with Gasteiger partial charge in [-0.2, -0.15) is 0 Å². The minimum Gasteiger partial charge on any atom is -0.466 e. The number of halogens is 1. The molecule has 0 radical (unpaired) electrons. The molecule has 1 aromatic heterocycles. The van der Waals surface area contributed by atoms with E-state index in [2.05, 4.69) is 18.7 Å². The Labute approximate surface area is 146 Å². The first kappa shape index (κ1) is 17.8. The quantitative estimate of drug-likeness (QED) is 0.692. The monoisotopic (exact) mass is 352 g/mol. The highest BCUT2D eigenvalue weighted by molar-refractivity contribution is 7.16. The number of aromatic nitrogens is 1. The van der Waals surface area contributed by atoms with Gasteiger partial charge in [0.2, 0.25) is 0 Å². The molecule has 1 heterocycles. The third-order valence-corrected chi connectivity index (χ3v) is 4.82. The van der Waals surface area contributed by atoms with Crippen molar-refractivity contribution in [2.75, 3.05) is 24.6 Å². The van der Waals surface area contributed by atoms with Gasteiger partial charge in [0.15, 0.2) is 5.13 Å². The van der Waals surface area contributed by atoms with Crippen molar-refractivity contribution in [2.24, 2.45) is 0 Å². The topological polar surface area (TPSA) is 42.4 Å². The molecular weight excluding hydrogens is 332 g/mol. The van der Waals surface area contributed by atoms with Crippen LogP contribution in [-0.2, 0) is 16.0 Å². The zero-order valence-corrected chi connectivity index (χ0v) is 15.2. The molecule has 0 aliphatic carbocycles. The third-order valence-electron chi connectivity index (χ3n) is 3.45. The Balaban J connectivity index is 2.40. The summed E-state index contributed by atoms with van der Waals surface area (Å²) in [6.07, 6.45) is 0.241. The number of hydrogen-bond acceptors (Lipinski definition) is 5. The van der Waals surface area contributed by atoms with Crippen LogP contribution in [0.15, 0.2) is 24.3 Å². The van der Waals surface area contributed by atoms with Crippen molar-refractivity contribution in [3.8, 4) is 11.3 Å². The van der Waals surface area contributed by atoms with Crippen molar-refractivity contribution in [2.45, 2.75) is 27.2 Å². The second kappa shape index (κ2) is 8.31. The number of carbonyl (C=O) groups is 1. The average molecular weight is 353 g/mol. The van der Waals surface area contributed by atoms with E-state index in [1.165, 1.54) is 0 Å². The molecule has 23 heavy (non-hydrogen) atoms. The van der Waals surface area contributed by atoms with Crippen molar-refractivity contribution in [3.63, 3.8) is 0 Å². The SMILES string of the molecule is CCOC(=O)Cc1sc(N(CC)CC)nc1-c1ccc(Cl)cc1. The summed E-state index contributed by atoms with van der Waals surface area (Å²) >= 11 is 7.52. The second-order valence-electron chi connectivity index (χ2n) is 4.93. The highest BCUT2D eigenvalue weighted by Gasteiger charge is 2.19. The maximum Gasteiger partial charge on any atom is 0.311 e. The molecule has 2 rings (SSSR count). The third kappa shape index (κ3) is 4.45. The van der Waals surface area contributed by atoms with Gasteiger partial charge in [-0.1, -0.05) is 23.7 Å². The lowest BCUT2D eigenvalue weighted by Crippen LogP contribution is -2.21. The van der Waals surface area contributed by atoms with Gasteiger partial charge >= 0.3 is 5.97 Å². The van der Waals surface area contributed by atoms with Crippen molar-refractivity contribution in [1.82, 2.24) is 4.98 Å². The van der Waals surface area contributed by atoms with E-state index in [1.54, 1.807) is 11.3 Å². The summed E-state index contributed by atoms with van der Waals surface area (Å²) in [5.41, 5.74) is 1.80. The Bertz CT molecular complexity index is 651. The highest BCUT2D eigenvalue weighted by atomic mass is 35.5. The van der Waals surface area contributed by atoms with Crippen LogP contribution in [0.5, 0.6) is 0 Å². The Morgan fingerprint density at radius 1 is 1.22 bits per heavy atom. The number of hydrogen-bond donors (Lipinski definition) is 0. The van der Waals surface area contributed by atoms with Gasteiger partial charge in [-0.3, -0.25) is 4.79 Å². The first-order valence-corrected chi connectivity index (χ1v) is 8.94. The number of esters is 1. The fraction of sp³-hybridized carbons (Fsp3) is 0.412. The molecule has 0 aliphatic rings. The maximum atomic E-state index is 11.9. The summed E-state index contributed by atoms with van der Waals surface area (Å²) in [6, 6.07) is 7.53. The van der Waals surface area contributed by atoms with Crippen LogP contribution in [0.25, 0.3) is 11.3 Å². The highest BCUT2D eigenvalue weighted by Crippen LogP contribution is 2.34. The lowest BCUT2D eigenvalue weighted by molar-refractivity contribution is -0.142. The van der Waals surface area contributed by atoms with Gasteiger partial charge in [-0.05, 0) is 32.9 Å². The predicted molar refractivity (Wildman–Crippen MR) is 96.5 cm³/mol. The number of anilines is 1. The molecule has 124 valence electrons. The van der Waals surface area contributed by atoms with Crippen LogP contribution in [0.4, 0.5) is 5.13 Å². The summed E-state index contributed by atoms with van der Waals surface area (Å²) in [7, 11) is 0. The van der Waals surface area contributed by atoms with Crippen LogP contribution in [-0.4, -0.2) is 30.6 Å². The van der Waals surface area contributed by atoms with E-state index in [1.807, 2.05) is 31.2 Å². The van der Waals surface area contributed by atoms with E-state index in [0.717, 1.165) is 34.4 Å². The number of carbonyl (C=O) groups excluding carboxylic acids is 1. The molecule has 6 heteroatoms. The van der Waals surface area contributed by atoms with E-state index >= 15 is 0 Å². The molecule has 0 saturated carbocycles. The molecule has 0 amide bonds. The molecule has 1 aromatic carbocycles. The van der Waals surface area contributed by atoms with E-state index in [-0.39, 0.29) is 12.4 Å². The Kier molecular flexibility index (Phi) is 6.42. The van der Waals surface area contributed by atoms with Gasteiger partial charge in [0.1, 0.15) is 0 Å². The molecule has 0 saturated heterocycles. The lowest BCUT2D eigenvalue weighted by Gasteiger charge is -2.16. The first-order chi connectivity index (χ1) is 11.1. The number of benzene rings is 1. The number of nitrogens with zero attached hydrogens (tertiary/aromatic N) is 2. The van der Waals surface area contributed by atoms with Crippen LogP contribution in [0.1, 0.15) is 25.6 Å². The van der Waals surface area contributed by atoms with E-state index in [0.29, 0.717) is 11.6 Å². The van der Waals surface area contributed by atoms with Crippen molar-refractivity contribution >= 4 is 34.0 Å². The zero-order chi connectivity index (χ0) is 16.8. The fourth-order valence-electron chi connectivity index (χ4n) is 2.26. The predicted octanol–water partition coefficient (Wildman–Crippen LogP) is 4.42. The van der Waals surface area contributed by atoms with Crippen molar-refractivity contribution in [3.05, 3.63) is 34.2 Å². The standard InChI is InChI=1S/C17H21ClN2O2S/c1-4-20(5-2)17-19-16(12-7-9-13(18)10-8-12)14(23-17)11-15(21)22-6-3/h7-10H,4-6,11H2,1-3H3. The molecule has 0 aliphatic heterocycles. The normalized spacial score (nSPS) is 10.6. The Hall–Kier alpha value is -1.59. The summed E-state index contributed by atoms with van der Waals surface area (Å²) < 4.78 is 5.08. The smallest absolute Gasteiger partial charge is 0.311 e. The van der Waals surface area contributed by atoms with Crippen LogP contribution in [0.2, 0.25) is 5.02 Å². The van der Waals surface area contributed by atoms with Crippen molar-refractivity contribution in [1.29, 1.82) is 0 Å². The summed E-state index contributed by atoms with van der Waals surface area (Å²) in [4.78, 5) is 19.8. The van der Waals surface area contributed by atoms with E-state index < -0.39 is 0 Å². The van der Waals surface area contributed by atoms with Gasteiger partial charge in [0.25, 0.3) is 0 Å². The second-order valence-corrected chi connectivity index (χ2v) is 6.43. The number of ether oxygens (including phenoxy) is 1. The minimum atomic E-state index is -0.225. The van der Waals surface area contributed by atoms with Crippen LogP contribution >= 0.6 is 22.9 Å². The van der Waals surface area contributed by atoms with E-state index in [4.69, 9.17) is 21.3 Å². The minimum absolute atomic E-state index is 0.225. The molecular formula is C17H21ClN2O2S. The number of thiazole rings is 1. The first-order valence-electron chi connectivity index (χ1n) is 7.75. The molecule has 0 N–H and O–H groups in total. The lowest BCUT2D eigenvalue weighted by atomic mass is 10.1. The molecule has 0 bridgehead atoms. The maximum absolute atomic E-state index is 11.9. The molecule has 4 nitrogen and oxygen atoms in total. The van der Waals surface area contributed by atoms with E-state index in [9.17, 15) is 4.79 Å². The van der Waals surface area contributed by atoms with Gasteiger partial charge in [-0.15, -0.1) is 11.3 Å². The average Bonchev–Trinajstić information content (AvgIpc) is 2.93. The van der Waals surface area contributed by atoms with Crippen LogP contribution in [0.3, 0.4) is 0 Å². The van der Waals surface area contributed by atoms with Gasteiger partial charge in [0, 0.05) is 28.6 Å². The summed E-state index contributed by atoms with van der Waals surface area (Å²) in [5.74, 6) is -0.225. The summed E-state index contributed by atoms with van der Waals surface area (Å²) in [6.45, 7) is 8.14. The summed E-state index contributed by atoms with van der Waals surface area (Å²) in [5, 5.41) is 1.61. The molecule has 0 spiro atoms. The molecule has 0 atom stereocenters. The van der Waals surface area contributed by atoms with Gasteiger partial charge in [0.05, 0.1) is 18.7 Å². The molecule has 2 aromatic rings. The number of rotatable bonds is 7. The Morgan fingerprint density at radius 3 is 2.43 bits per heavy atom. The van der Waals surface area contributed by atoms with Crippen molar-refractivity contribution < 1.29 is 9.53 Å². The van der Waals surface area contributed by atoms with Gasteiger partial charge in [-0.25, -0.2) is 4.98 Å². The molecule has 0 fully saturated rings. The van der Waals surface area contributed by atoms with Crippen LogP contribution < -0.4 is 4.90 Å². The fourth-order valence-corrected chi connectivity index (χ4v) is 3.59. The van der Waals surface area contributed by atoms with Crippen LogP contribution in [0, 0.1) is 0 Å². The Morgan fingerprint density at radius 2 is 1.87 bits per heavy atom.